The highest BCUT2D eigenvalue weighted by Crippen LogP contribution is 2.11. The number of rotatable bonds is 3. The second-order valence-corrected chi connectivity index (χ2v) is 3.41. The van der Waals surface area contributed by atoms with Crippen LogP contribution in [0.25, 0.3) is 6.08 Å². The molecule has 0 spiro atoms. The van der Waals surface area contributed by atoms with Crippen LogP contribution in [0.5, 0.6) is 0 Å². The van der Waals surface area contributed by atoms with Gasteiger partial charge in [-0.2, -0.15) is 8.78 Å². The Hall–Kier alpha value is -0.700. The Morgan fingerprint density at radius 2 is 1.85 bits per heavy atom. The van der Waals surface area contributed by atoms with Crippen molar-refractivity contribution in [2.75, 3.05) is 5.33 Å². The Balaban J connectivity index is 2.75. The summed E-state index contributed by atoms with van der Waals surface area (Å²) in [4.78, 5) is 0. The quantitative estimate of drug-likeness (QED) is 0.711. The fourth-order valence-corrected chi connectivity index (χ4v) is 1.47. The third-order valence-corrected chi connectivity index (χ3v) is 2.04. The van der Waals surface area contributed by atoms with E-state index in [0.717, 1.165) is 23.4 Å². The lowest BCUT2D eigenvalue weighted by molar-refractivity contribution is 0.429. The van der Waals surface area contributed by atoms with Gasteiger partial charge in [0.2, 0.25) is 0 Å². The van der Waals surface area contributed by atoms with Crippen molar-refractivity contribution in [1.29, 1.82) is 0 Å². The molecule has 1 rings (SSSR count). The molecule has 1 aromatic rings. The van der Waals surface area contributed by atoms with Crippen LogP contribution in [0.4, 0.5) is 8.78 Å². The van der Waals surface area contributed by atoms with Crippen molar-refractivity contribution in [3.63, 3.8) is 0 Å². The molecular weight excluding hydrogens is 238 g/mol. The summed E-state index contributed by atoms with van der Waals surface area (Å²) in [5.74, 6) is 0. The van der Waals surface area contributed by atoms with E-state index in [2.05, 4.69) is 15.9 Å². The van der Waals surface area contributed by atoms with Gasteiger partial charge >= 0.3 is 0 Å². The van der Waals surface area contributed by atoms with Gasteiger partial charge in [0.15, 0.2) is 0 Å². The van der Waals surface area contributed by atoms with Crippen LogP contribution >= 0.6 is 15.9 Å². The normalized spacial score (nSPS) is 9.77. The molecule has 0 unspecified atom stereocenters. The highest BCUT2D eigenvalue weighted by atomic mass is 79.9. The van der Waals surface area contributed by atoms with Crippen molar-refractivity contribution in [3.05, 3.63) is 41.5 Å². The largest absolute Gasteiger partial charge is 0.270 e. The Kier molecular flexibility index (Phi) is 4.09. The lowest BCUT2D eigenvalue weighted by atomic mass is 10.1. The maximum absolute atomic E-state index is 11.8. The van der Waals surface area contributed by atoms with Crippen molar-refractivity contribution in [1.82, 2.24) is 0 Å². The summed E-state index contributed by atoms with van der Waals surface area (Å²) in [6, 6.07) is 7.10. The number of alkyl halides is 1. The van der Waals surface area contributed by atoms with E-state index >= 15 is 0 Å². The van der Waals surface area contributed by atoms with Gasteiger partial charge in [-0.25, -0.2) is 0 Å². The molecule has 0 saturated carbocycles. The Labute approximate surface area is 84.4 Å². The third-order valence-electron chi connectivity index (χ3n) is 1.64. The number of benzene rings is 1. The predicted molar refractivity (Wildman–Crippen MR) is 54.1 cm³/mol. The molecule has 70 valence electrons. The smallest absolute Gasteiger partial charge is 0.173 e. The number of hydrogen-bond donors (Lipinski definition) is 0. The van der Waals surface area contributed by atoms with Crippen LogP contribution in [0, 0.1) is 0 Å². The van der Waals surface area contributed by atoms with Gasteiger partial charge in [0.05, 0.1) is 0 Å². The van der Waals surface area contributed by atoms with Gasteiger partial charge in [-0.3, -0.25) is 0 Å². The lowest BCUT2D eigenvalue weighted by Crippen LogP contribution is -1.84. The standard InChI is InChI=1S/C10H9BrF2/c11-6-5-8-1-3-9(4-2-8)7-10(12)13/h1-4,7H,5-6H2. The zero-order valence-corrected chi connectivity index (χ0v) is 8.52. The zero-order valence-electron chi connectivity index (χ0n) is 6.93. The number of hydrogen-bond acceptors (Lipinski definition) is 0. The van der Waals surface area contributed by atoms with Crippen LogP contribution in [0.3, 0.4) is 0 Å². The molecule has 0 saturated heterocycles. The van der Waals surface area contributed by atoms with Crippen LogP contribution in [0.15, 0.2) is 30.3 Å². The van der Waals surface area contributed by atoms with E-state index in [9.17, 15) is 8.78 Å². The van der Waals surface area contributed by atoms with E-state index < -0.39 is 6.08 Å². The maximum atomic E-state index is 11.8. The summed E-state index contributed by atoms with van der Waals surface area (Å²) < 4.78 is 23.6. The molecule has 1 aromatic carbocycles. The molecule has 0 nitrogen and oxygen atoms in total. The summed E-state index contributed by atoms with van der Waals surface area (Å²) in [6.07, 6.45) is 0.119. The molecule has 0 atom stereocenters. The van der Waals surface area contributed by atoms with E-state index in [-0.39, 0.29) is 0 Å². The Morgan fingerprint density at radius 3 is 2.31 bits per heavy atom. The molecule has 13 heavy (non-hydrogen) atoms. The molecule has 0 heterocycles. The van der Waals surface area contributed by atoms with Crippen LogP contribution in [-0.2, 0) is 6.42 Å². The van der Waals surface area contributed by atoms with Crippen LogP contribution < -0.4 is 0 Å². The maximum Gasteiger partial charge on any atom is 0.270 e. The first-order chi connectivity index (χ1) is 6.22. The third kappa shape index (κ3) is 3.68. The molecule has 0 aliphatic heterocycles. The molecular formula is C10H9BrF2. The SMILES string of the molecule is FC(F)=Cc1ccc(CCBr)cc1. The average Bonchev–Trinajstić information content (AvgIpc) is 2.08. The molecule has 0 amide bonds. The molecule has 0 radical (unpaired) electrons. The van der Waals surface area contributed by atoms with Gasteiger partial charge in [-0.1, -0.05) is 40.2 Å². The number of halogens is 3. The second-order valence-electron chi connectivity index (χ2n) is 2.61. The fraction of sp³-hybridized carbons (Fsp3) is 0.200. The van der Waals surface area contributed by atoms with E-state index in [0.29, 0.717) is 5.56 Å². The first-order valence-corrected chi connectivity index (χ1v) is 5.02. The first kappa shape index (κ1) is 10.4. The molecule has 0 fully saturated rings. The summed E-state index contributed by atoms with van der Waals surface area (Å²) in [5.41, 5.74) is 1.69. The topological polar surface area (TPSA) is 0 Å². The van der Waals surface area contributed by atoms with Crippen LogP contribution in [-0.4, -0.2) is 5.33 Å². The lowest BCUT2D eigenvalue weighted by Gasteiger charge is -1.97. The van der Waals surface area contributed by atoms with Gasteiger partial charge < -0.3 is 0 Å². The van der Waals surface area contributed by atoms with E-state index in [1.54, 1.807) is 12.1 Å². The van der Waals surface area contributed by atoms with Crippen molar-refractivity contribution in [2.45, 2.75) is 6.42 Å². The van der Waals surface area contributed by atoms with E-state index in [1.165, 1.54) is 0 Å². The molecule has 0 N–H and O–H groups in total. The van der Waals surface area contributed by atoms with Crippen LogP contribution in [0.2, 0.25) is 0 Å². The van der Waals surface area contributed by atoms with Crippen molar-refractivity contribution < 1.29 is 8.78 Å². The van der Waals surface area contributed by atoms with Crippen molar-refractivity contribution in [3.8, 4) is 0 Å². The summed E-state index contributed by atoms with van der Waals surface area (Å²) in [6.45, 7) is 0. The zero-order chi connectivity index (χ0) is 9.68. The average molecular weight is 247 g/mol. The minimum absolute atomic E-state index is 0.540. The minimum Gasteiger partial charge on any atom is -0.173 e. The van der Waals surface area contributed by atoms with Gasteiger partial charge in [0.25, 0.3) is 6.08 Å². The van der Waals surface area contributed by atoms with Gasteiger partial charge in [0, 0.05) is 11.4 Å². The van der Waals surface area contributed by atoms with Gasteiger partial charge in [-0.15, -0.1) is 0 Å². The van der Waals surface area contributed by atoms with Crippen LogP contribution in [0.1, 0.15) is 11.1 Å². The monoisotopic (exact) mass is 246 g/mol. The fourth-order valence-electron chi connectivity index (χ4n) is 1.02. The van der Waals surface area contributed by atoms with Gasteiger partial charge in [0.1, 0.15) is 0 Å². The van der Waals surface area contributed by atoms with E-state index in [1.807, 2.05) is 12.1 Å². The highest BCUT2D eigenvalue weighted by Gasteiger charge is 1.94. The van der Waals surface area contributed by atoms with E-state index in [4.69, 9.17) is 0 Å². The molecule has 0 aromatic heterocycles. The Bertz CT molecular complexity index is 286. The Morgan fingerprint density at radius 1 is 1.23 bits per heavy atom. The summed E-state index contributed by atoms with van der Waals surface area (Å²) in [7, 11) is 0. The molecule has 0 bridgehead atoms. The van der Waals surface area contributed by atoms with Gasteiger partial charge in [-0.05, 0) is 17.5 Å². The first-order valence-electron chi connectivity index (χ1n) is 3.90. The summed E-state index contributed by atoms with van der Waals surface area (Å²) in [5, 5.41) is 0.889. The number of aryl methyl sites for hydroxylation is 1. The summed E-state index contributed by atoms with van der Waals surface area (Å²) >= 11 is 3.31. The van der Waals surface area contributed by atoms with Crippen molar-refractivity contribution >= 4 is 22.0 Å². The molecule has 0 aliphatic rings. The second kappa shape index (κ2) is 5.12. The minimum atomic E-state index is -1.66. The molecule has 3 heteroatoms. The predicted octanol–water partition coefficient (Wildman–Crippen LogP) is 3.86. The molecule has 0 aliphatic carbocycles. The highest BCUT2D eigenvalue weighted by molar-refractivity contribution is 9.09. The van der Waals surface area contributed by atoms with Crippen molar-refractivity contribution in [2.24, 2.45) is 0 Å².